The second-order valence-corrected chi connectivity index (χ2v) is 5.93. The van der Waals surface area contributed by atoms with Crippen molar-refractivity contribution in [2.45, 2.75) is 32.6 Å². The highest BCUT2D eigenvalue weighted by Gasteiger charge is 2.33. The lowest BCUT2D eigenvalue weighted by atomic mass is 10.0. The molecule has 1 aromatic rings. The van der Waals surface area contributed by atoms with E-state index < -0.39 is 0 Å². The van der Waals surface area contributed by atoms with Crippen molar-refractivity contribution in [2.24, 2.45) is 11.7 Å². The van der Waals surface area contributed by atoms with Gasteiger partial charge >= 0.3 is 0 Å². The van der Waals surface area contributed by atoms with Gasteiger partial charge in [-0.1, -0.05) is 6.07 Å². The summed E-state index contributed by atoms with van der Waals surface area (Å²) < 4.78 is 11.0. The fourth-order valence-electron chi connectivity index (χ4n) is 3.19. The van der Waals surface area contributed by atoms with Gasteiger partial charge in [0.2, 0.25) is 5.91 Å². The molecular formula is C17H26N2O4. The van der Waals surface area contributed by atoms with Crippen molar-refractivity contribution >= 4 is 5.91 Å². The average Bonchev–Trinajstić information content (AvgIpc) is 2.89. The standard InChI is InChI=1S/C17H26N2O4/c1-3-23-15-5-4-12(6-14(15)11-20)8-19-9-13(7-17(18)21)16(10-19)22-2/h4-6,13,16,20H,3,7-11H2,1-2H3,(H2,18,21)/t13-,16+/m1/s1. The van der Waals surface area contributed by atoms with Gasteiger partial charge in [-0.25, -0.2) is 0 Å². The normalized spacial score (nSPS) is 21.5. The van der Waals surface area contributed by atoms with Crippen LogP contribution >= 0.6 is 0 Å². The van der Waals surface area contributed by atoms with Crippen LogP contribution in [-0.2, 0) is 22.7 Å². The number of hydrogen-bond acceptors (Lipinski definition) is 5. The Labute approximate surface area is 137 Å². The van der Waals surface area contributed by atoms with Gasteiger partial charge in [-0.2, -0.15) is 0 Å². The Hall–Kier alpha value is -1.63. The summed E-state index contributed by atoms with van der Waals surface area (Å²) in [5, 5.41) is 9.49. The Morgan fingerprint density at radius 3 is 2.83 bits per heavy atom. The van der Waals surface area contributed by atoms with Crippen LogP contribution in [0, 0.1) is 5.92 Å². The molecule has 2 rings (SSSR count). The molecule has 1 aromatic carbocycles. The molecule has 23 heavy (non-hydrogen) atoms. The zero-order valence-electron chi connectivity index (χ0n) is 13.8. The highest BCUT2D eigenvalue weighted by atomic mass is 16.5. The predicted octanol–water partition coefficient (Wildman–Crippen LogP) is 0.900. The summed E-state index contributed by atoms with van der Waals surface area (Å²) in [6.45, 7) is 4.74. The van der Waals surface area contributed by atoms with Crippen LogP contribution in [0.3, 0.4) is 0 Å². The quantitative estimate of drug-likeness (QED) is 0.743. The second-order valence-electron chi connectivity index (χ2n) is 5.93. The largest absolute Gasteiger partial charge is 0.494 e. The number of methoxy groups -OCH3 is 1. The Kier molecular flexibility index (Phi) is 6.38. The lowest BCUT2D eigenvalue weighted by Crippen LogP contribution is -2.26. The van der Waals surface area contributed by atoms with Crippen LogP contribution in [0.25, 0.3) is 0 Å². The van der Waals surface area contributed by atoms with E-state index in [0.29, 0.717) is 13.0 Å². The van der Waals surface area contributed by atoms with Gasteiger partial charge in [-0.05, 0) is 24.6 Å². The maximum absolute atomic E-state index is 11.2. The number of benzene rings is 1. The number of carbonyl (C=O) groups excluding carboxylic acids is 1. The maximum atomic E-state index is 11.2. The third-order valence-electron chi connectivity index (χ3n) is 4.22. The molecular weight excluding hydrogens is 296 g/mol. The molecule has 0 saturated carbocycles. The molecule has 1 aliphatic rings. The molecule has 6 nitrogen and oxygen atoms in total. The van der Waals surface area contributed by atoms with Gasteiger partial charge in [0.05, 0.1) is 19.3 Å². The summed E-state index contributed by atoms with van der Waals surface area (Å²) in [5.41, 5.74) is 7.21. The molecule has 0 spiro atoms. The van der Waals surface area contributed by atoms with Gasteiger partial charge in [0.15, 0.2) is 0 Å². The number of nitrogens with zero attached hydrogens (tertiary/aromatic N) is 1. The van der Waals surface area contributed by atoms with Crippen molar-refractivity contribution < 1.29 is 19.4 Å². The van der Waals surface area contributed by atoms with Crippen molar-refractivity contribution in [1.82, 2.24) is 4.90 Å². The smallest absolute Gasteiger partial charge is 0.217 e. The number of likely N-dealkylation sites (tertiary alicyclic amines) is 1. The van der Waals surface area contributed by atoms with Gasteiger partial charge in [-0.15, -0.1) is 0 Å². The lowest BCUT2D eigenvalue weighted by molar-refractivity contribution is -0.119. The van der Waals surface area contributed by atoms with Gasteiger partial charge in [0.25, 0.3) is 0 Å². The number of rotatable bonds is 8. The van der Waals surface area contributed by atoms with Crippen LogP contribution in [0.2, 0.25) is 0 Å². The summed E-state index contributed by atoms with van der Waals surface area (Å²) in [6, 6.07) is 5.87. The first-order valence-corrected chi connectivity index (χ1v) is 7.96. The van der Waals surface area contributed by atoms with E-state index in [2.05, 4.69) is 4.90 Å². The molecule has 1 saturated heterocycles. The van der Waals surface area contributed by atoms with E-state index in [1.807, 2.05) is 25.1 Å². The Morgan fingerprint density at radius 1 is 1.43 bits per heavy atom. The van der Waals surface area contributed by atoms with E-state index in [0.717, 1.165) is 36.5 Å². The highest BCUT2D eigenvalue weighted by molar-refractivity contribution is 5.74. The van der Waals surface area contributed by atoms with Crippen LogP contribution in [0.1, 0.15) is 24.5 Å². The minimum Gasteiger partial charge on any atom is -0.494 e. The minimum absolute atomic E-state index is 0.0301. The van der Waals surface area contributed by atoms with E-state index in [1.165, 1.54) is 0 Å². The van der Waals surface area contributed by atoms with Crippen molar-refractivity contribution in [2.75, 3.05) is 26.8 Å². The average molecular weight is 322 g/mol. The van der Waals surface area contributed by atoms with Crippen molar-refractivity contribution in [3.8, 4) is 5.75 Å². The first-order valence-electron chi connectivity index (χ1n) is 7.96. The van der Waals surface area contributed by atoms with Crippen molar-refractivity contribution in [1.29, 1.82) is 0 Å². The number of primary amides is 1. The number of ether oxygens (including phenoxy) is 2. The van der Waals surface area contributed by atoms with Gasteiger partial charge in [0, 0.05) is 44.6 Å². The van der Waals surface area contributed by atoms with Gasteiger partial charge in [0.1, 0.15) is 5.75 Å². The van der Waals surface area contributed by atoms with E-state index in [-0.39, 0.29) is 24.5 Å². The monoisotopic (exact) mass is 322 g/mol. The topological polar surface area (TPSA) is 85.0 Å². The number of nitrogens with two attached hydrogens (primary N) is 1. The molecule has 1 amide bonds. The first-order chi connectivity index (χ1) is 11.1. The minimum atomic E-state index is -0.289. The first kappa shape index (κ1) is 17.7. The summed E-state index contributed by atoms with van der Waals surface area (Å²) in [6.07, 6.45) is 0.377. The summed E-state index contributed by atoms with van der Waals surface area (Å²) in [4.78, 5) is 13.4. The third-order valence-corrected chi connectivity index (χ3v) is 4.22. The zero-order valence-corrected chi connectivity index (χ0v) is 13.8. The molecule has 6 heteroatoms. The van der Waals surface area contributed by atoms with Crippen molar-refractivity contribution in [3.63, 3.8) is 0 Å². The lowest BCUT2D eigenvalue weighted by Gasteiger charge is -2.17. The molecule has 128 valence electrons. The molecule has 0 aliphatic carbocycles. The van der Waals surface area contributed by atoms with Gasteiger partial charge in [-0.3, -0.25) is 9.69 Å². The van der Waals surface area contributed by atoms with Crippen LogP contribution in [0.5, 0.6) is 5.75 Å². The zero-order chi connectivity index (χ0) is 16.8. The fraction of sp³-hybridized carbons (Fsp3) is 0.588. The fourth-order valence-corrected chi connectivity index (χ4v) is 3.19. The number of aliphatic hydroxyl groups excluding tert-OH is 1. The number of carbonyl (C=O) groups is 1. The summed E-state index contributed by atoms with van der Waals surface area (Å²) in [5.74, 6) is 0.571. The third kappa shape index (κ3) is 4.67. The van der Waals surface area contributed by atoms with Crippen LogP contribution in [0.4, 0.5) is 0 Å². The Morgan fingerprint density at radius 2 is 2.22 bits per heavy atom. The maximum Gasteiger partial charge on any atom is 0.217 e. The Balaban J connectivity index is 2.03. The number of hydrogen-bond donors (Lipinski definition) is 2. The predicted molar refractivity (Wildman–Crippen MR) is 86.9 cm³/mol. The van der Waals surface area contributed by atoms with Crippen LogP contribution < -0.4 is 10.5 Å². The molecule has 1 aliphatic heterocycles. The van der Waals surface area contributed by atoms with E-state index in [1.54, 1.807) is 7.11 Å². The summed E-state index contributed by atoms with van der Waals surface area (Å²) >= 11 is 0. The SMILES string of the molecule is CCOc1ccc(CN2C[C@@H](CC(N)=O)[C@@H](OC)C2)cc1CO. The molecule has 0 radical (unpaired) electrons. The van der Waals surface area contributed by atoms with Crippen LogP contribution in [-0.4, -0.2) is 48.8 Å². The van der Waals surface area contributed by atoms with Crippen molar-refractivity contribution in [3.05, 3.63) is 29.3 Å². The molecule has 2 atom stereocenters. The second kappa shape index (κ2) is 8.29. The molecule has 0 unspecified atom stereocenters. The van der Waals surface area contributed by atoms with E-state index in [9.17, 15) is 9.90 Å². The van der Waals surface area contributed by atoms with Crippen LogP contribution in [0.15, 0.2) is 18.2 Å². The summed E-state index contributed by atoms with van der Waals surface area (Å²) in [7, 11) is 1.67. The molecule has 0 bridgehead atoms. The van der Waals surface area contributed by atoms with E-state index in [4.69, 9.17) is 15.2 Å². The van der Waals surface area contributed by atoms with Gasteiger partial charge < -0.3 is 20.3 Å². The molecule has 0 aromatic heterocycles. The molecule has 3 N–H and O–H groups in total. The van der Waals surface area contributed by atoms with E-state index >= 15 is 0 Å². The number of amides is 1. The Bertz CT molecular complexity index is 535. The molecule has 1 heterocycles. The molecule has 1 fully saturated rings. The highest BCUT2D eigenvalue weighted by Crippen LogP contribution is 2.26. The number of aliphatic hydroxyl groups is 1.